The molecule has 4 aliphatic heterocycles. The van der Waals surface area contributed by atoms with Crippen LogP contribution in [-0.2, 0) is 46.1 Å². The second-order valence-corrected chi connectivity index (χ2v) is 20.9. The van der Waals surface area contributed by atoms with E-state index in [0.29, 0.717) is 41.9 Å². The van der Waals surface area contributed by atoms with Crippen LogP contribution >= 0.6 is 27.5 Å². The van der Waals surface area contributed by atoms with E-state index in [0.717, 1.165) is 84.2 Å². The Morgan fingerprint density at radius 1 is 0.759 bits per heavy atom. The summed E-state index contributed by atoms with van der Waals surface area (Å²) in [5.74, 6) is 0.974. The summed E-state index contributed by atoms with van der Waals surface area (Å²) in [5.41, 5.74) is 6.56. The lowest BCUT2D eigenvalue weighted by Crippen LogP contribution is -2.57. The Morgan fingerprint density at radius 3 is 2.10 bits per heavy atom. The zero-order valence-corrected chi connectivity index (χ0v) is 34.2. The minimum Gasteiger partial charge on any atom is -0.504 e. The fourth-order valence-corrected chi connectivity index (χ4v) is 16.1. The smallest absolute Gasteiger partial charge is 0.181 e. The summed E-state index contributed by atoms with van der Waals surface area (Å²) in [6.07, 6.45) is 5.89. The number of ketones is 2. The maximum atomic E-state index is 15.2. The van der Waals surface area contributed by atoms with Gasteiger partial charge in [0.15, 0.2) is 46.8 Å². The zero-order chi connectivity index (χ0) is 38.8. The zero-order valence-electron chi connectivity index (χ0n) is 31.8. The number of carbonyl (C=O) groups is 2. The van der Waals surface area contributed by atoms with E-state index in [1.807, 2.05) is 12.1 Å². The topological polar surface area (TPSA) is 99.1 Å². The number of benzene rings is 4. The van der Waals surface area contributed by atoms with Crippen molar-refractivity contribution in [1.82, 2.24) is 9.80 Å². The van der Waals surface area contributed by atoms with Gasteiger partial charge in [-0.25, -0.2) is 0 Å². The lowest BCUT2D eigenvalue weighted by molar-refractivity contribution is -0.135. The van der Waals surface area contributed by atoms with Gasteiger partial charge >= 0.3 is 0 Å². The Labute approximate surface area is 349 Å². The Kier molecular flexibility index (Phi) is 6.25. The van der Waals surface area contributed by atoms with Crippen molar-refractivity contribution in [2.75, 3.05) is 13.1 Å². The molecule has 4 heterocycles. The molecule has 6 aliphatic carbocycles. The molecule has 4 saturated carbocycles. The number of hydrogen-bond acceptors (Lipinski definition) is 8. The molecule has 10 aliphatic rings. The highest BCUT2D eigenvalue weighted by Crippen LogP contribution is 2.78. The second kappa shape index (κ2) is 10.7. The predicted molar refractivity (Wildman–Crippen MR) is 218 cm³/mol. The number of halogens is 2. The van der Waals surface area contributed by atoms with Crippen LogP contribution in [0.5, 0.6) is 23.0 Å². The number of likely N-dealkylation sites (tertiary alicyclic amines) is 2. The quantitative estimate of drug-likeness (QED) is 0.190. The lowest BCUT2D eigenvalue weighted by atomic mass is 9.56. The van der Waals surface area contributed by atoms with E-state index < -0.39 is 29.0 Å². The number of rotatable bonds is 7. The van der Waals surface area contributed by atoms with E-state index in [2.05, 4.69) is 74.3 Å². The molecular formula is C48H42BrClN2O6. The fourth-order valence-electron chi connectivity index (χ4n) is 15.7. The number of hydrogen-bond donors (Lipinski definition) is 2. The molecule has 8 nitrogen and oxygen atoms in total. The summed E-state index contributed by atoms with van der Waals surface area (Å²) in [7, 11) is 0. The summed E-state index contributed by atoms with van der Waals surface area (Å²) in [6, 6.07) is 23.3. The fraction of sp³-hybridized carbons (Fsp3) is 0.458. The number of aromatic hydroxyl groups is 2. The van der Waals surface area contributed by atoms with Crippen LogP contribution in [-0.4, -0.2) is 80.0 Å². The van der Waals surface area contributed by atoms with Crippen LogP contribution in [0, 0.1) is 11.8 Å². The molecular weight excluding hydrogens is 816 g/mol. The first-order chi connectivity index (χ1) is 28.1. The highest BCUT2D eigenvalue weighted by atomic mass is 79.9. The van der Waals surface area contributed by atoms with Gasteiger partial charge in [-0.15, -0.1) is 0 Å². The van der Waals surface area contributed by atoms with E-state index in [4.69, 9.17) is 21.1 Å². The van der Waals surface area contributed by atoms with Gasteiger partial charge in [0.25, 0.3) is 0 Å². The molecule has 2 saturated heterocycles. The van der Waals surface area contributed by atoms with Gasteiger partial charge in [-0.1, -0.05) is 63.9 Å². The minimum absolute atomic E-state index is 0.0220. The molecule has 4 spiro atoms. The first-order valence-electron chi connectivity index (χ1n) is 21.3. The van der Waals surface area contributed by atoms with Gasteiger partial charge in [0.2, 0.25) is 0 Å². The molecule has 7 unspecified atom stereocenters. The molecule has 294 valence electrons. The molecule has 0 aromatic heterocycles. The Morgan fingerprint density at radius 2 is 1.38 bits per heavy atom. The number of ether oxygens (including phenoxy) is 2. The molecule has 6 fully saturated rings. The van der Waals surface area contributed by atoms with Crippen molar-refractivity contribution in [3.05, 3.63) is 115 Å². The maximum absolute atomic E-state index is 15.2. The Bertz CT molecular complexity index is 2600. The number of phenolic OH excluding ortho intramolecular Hbond substituents is 2. The number of piperidine rings is 2. The number of phenols is 2. The third-order valence-corrected chi connectivity index (χ3v) is 18.3. The van der Waals surface area contributed by atoms with E-state index in [9.17, 15) is 15.0 Å². The SMILES string of the molecule is O=C1C(c2cc3c4c(c2O)O[C@H]2C(=O)CCC5C6N(CCc7ccc(Br)cc7)[C@]6(C3)C[C@@]452)CC2C3N(CCc4ccc(Cl)cc4)[C@@]34Cc3ccc(O)c5c3[C@@]2(C4)[C@H]1O5. The molecule has 4 bridgehead atoms. The van der Waals surface area contributed by atoms with Gasteiger partial charge in [0.05, 0.1) is 5.92 Å². The molecule has 4 aromatic rings. The highest BCUT2D eigenvalue weighted by molar-refractivity contribution is 9.10. The van der Waals surface area contributed by atoms with Crippen molar-refractivity contribution in [3.8, 4) is 23.0 Å². The van der Waals surface area contributed by atoms with Crippen molar-refractivity contribution in [2.24, 2.45) is 11.8 Å². The Hall–Kier alpha value is -3.89. The van der Waals surface area contributed by atoms with Gasteiger partial charge in [-0.3, -0.25) is 19.4 Å². The minimum atomic E-state index is -0.741. The summed E-state index contributed by atoms with van der Waals surface area (Å²) in [5, 5.41) is 24.4. The lowest BCUT2D eigenvalue weighted by Gasteiger charge is -2.48. The summed E-state index contributed by atoms with van der Waals surface area (Å²) >= 11 is 9.80. The number of Topliss-reactive ketones (excluding diaryl/α,β-unsaturated/α-hetero) is 2. The molecule has 0 radical (unpaired) electrons. The van der Waals surface area contributed by atoms with E-state index in [-0.39, 0.29) is 46.1 Å². The van der Waals surface area contributed by atoms with Crippen molar-refractivity contribution in [1.29, 1.82) is 0 Å². The molecule has 2 N–H and O–H groups in total. The maximum Gasteiger partial charge on any atom is 0.181 e. The third-order valence-electron chi connectivity index (χ3n) is 17.6. The van der Waals surface area contributed by atoms with Crippen molar-refractivity contribution in [2.45, 2.75) is 110 Å². The molecule has 58 heavy (non-hydrogen) atoms. The van der Waals surface area contributed by atoms with Gasteiger partial charge in [0.1, 0.15) is 0 Å². The number of carbonyl (C=O) groups excluding carboxylic acids is 2. The average Bonchev–Trinajstić information content (AvgIpc) is 3.65. The molecule has 10 heteroatoms. The summed E-state index contributed by atoms with van der Waals surface area (Å²) in [4.78, 5) is 34.4. The van der Waals surface area contributed by atoms with Crippen molar-refractivity contribution < 1.29 is 29.3 Å². The predicted octanol–water partition coefficient (Wildman–Crippen LogP) is 7.11. The van der Waals surface area contributed by atoms with E-state index in [1.165, 1.54) is 16.7 Å². The monoisotopic (exact) mass is 856 g/mol. The largest absolute Gasteiger partial charge is 0.504 e. The van der Waals surface area contributed by atoms with E-state index >= 15 is 4.79 Å². The van der Waals surface area contributed by atoms with Crippen molar-refractivity contribution >= 4 is 39.1 Å². The summed E-state index contributed by atoms with van der Waals surface area (Å²) in [6.45, 7) is 1.87. The first-order valence-corrected chi connectivity index (χ1v) is 22.4. The average molecular weight is 858 g/mol. The number of nitrogens with zero attached hydrogens (tertiary/aromatic N) is 2. The van der Waals surface area contributed by atoms with Crippen LogP contribution in [0.2, 0.25) is 5.02 Å². The Balaban J connectivity index is 0.851. The number of fused-ring (bicyclic) bond motifs is 2. The molecule has 4 aromatic carbocycles. The van der Waals surface area contributed by atoms with Crippen LogP contribution < -0.4 is 9.47 Å². The van der Waals surface area contributed by atoms with Gasteiger partial charge in [0, 0.05) is 79.7 Å². The molecule has 0 amide bonds. The van der Waals surface area contributed by atoms with Crippen LogP contribution in [0.15, 0.2) is 71.2 Å². The van der Waals surface area contributed by atoms with Crippen LogP contribution in [0.25, 0.3) is 0 Å². The van der Waals surface area contributed by atoms with Gasteiger partial charge in [-0.05, 0) is 116 Å². The van der Waals surface area contributed by atoms with Crippen LogP contribution in [0.4, 0.5) is 0 Å². The van der Waals surface area contributed by atoms with Crippen molar-refractivity contribution in [3.63, 3.8) is 0 Å². The normalized spacial score (nSPS) is 41.3. The van der Waals surface area contributed by atoms with Gasteiger partial charge < -0.3 is 19.7 Å². The first kappa shape index (κ1) is 33.9. The van der Waals surface area contributed by atoms with E-state index in [1.54, 1.807) is 6.07 Å². The molecule has 13 atom stereocenters. The van der Waals surface area contributed by atoms with Crippen LogP contribution in [0.3, 0.4) is 0 Å². The third kappa shape index (κ3) is 3.77. The summed E-state index contributed by atoms with van der Waals surface area (Å²) < 4.78 is 14.5. The van der Waals surface area contributed by atoms with Crippen LogP contribution in [0.1, 0.15) is 77.0 Å². The second-order valence-electron chi connectivity index (χ2n) is 19.6. The van der Waals surface area contributed by atoms with Gasteiger partial charge in [-0.2, -0.15) is 0 Å². The highest BCUT2D eigenvalue weighted by Gasteiger charge is 2.85. The standard InChI is InChI=1S/C48H42BrClN2O6/c49-27-6-1-23(2-7-27)13-15-51-41-31-10-12-34(54)43-47(31)21-46(41,51)20-26-17-29(37(55)40(58-43)36(26)47)30-18-32-42-45(52(42)16-14-24-3-8-28(50)9-4-24)19-25-5-11-33(53)39-35(25)48(32,22-45)44(57-39)38(30)56/h1-9,11,17,30-32,41-44,53,55H,10,12-16,18-22H2/t30?,31?,32?,41?,42?,43-,44-,45+,46+,47-,48-,51?,52?/m0/s1. The molecule has 14 rings (SSSR count).